The molecule has 0 aliphatic carbocycles. The summed E-state index contributed by atoms with van der Waals surface area (Å²) in [6.07, 6.45) is 1.39. The lowest BCUT2D eigenvalue weighted by molar-refractivity contribution is -0.142. The van der Waals surface area contributed by atoms with Crippen LogP contribution >= 0.6 is 0 Å². The normalized spacial score (nSPS) is 12.5. The average molecular weight is 319 g/mol. The van der Waals surface area contributed by atoms with Crippen LogP contribution in [0, 0.1) is 0 Å². The predicted octanol–water partition coefficient (Wildman–Crippen LogP) is 2.68. The Hall–Kier alpha value is -1.73. The highest BCUT2D eigenvalue weighted by molar-refractivity contribution is 5.79. The number of alkyl halides is 3. The molecule has 0 atom stereocenters. The first-order valence-electron chi connectivity index (χ1n) is 7.42. The highest BCUT2D eigenvalue weighted by Crippen LogP contribution is 2.30. The second kappa shape index (κ2) is 8.65. The molecule has 0 aliphatic rings. The van der Waals surface area contributed by atoms with Gasteiger partial charge < -0.3 is 10.6 Å². The van der Waals surface area contributed by atoms with Gasteiger partial charge in [-0.3, -0.25) is 9.67 Å². The first kappa shape index (κ1) is 18.3. The fourth-order valence-electron chi connectivity index (χ4n) is 2.06. The van der Waals surface area contributed by atoms with Gasteiger partial charge in [0.1, 0.15) is 0 Å². The van der Waals surface area contributed by atoms with Gasteiger partial charge in [0.05, 0.1) is 0 Å². The minimum absolute atomic E-state index is 0.0251. The monoisotopic (exact) mass is 319 g/mol. The largest absolute Gasteiger partial charge is 0.435 e. The predicted molar refractivity (Wildman–Crippen MR) is 80.6 cm³/mol. The number of halogens is 3. The van der Waals surface area contributed by atoms with Gasteiger partial charge in [0.15, 0.2) is 11.7 Å². The molecule has 1 heterocycles. The Bertz CT molecular complexity index is 479. The smallest absolute Gasteiger partial charge is 0.356 e. The Kier molecular flexibility index (Phi) is 7.20. The Morgan fingerprint density at radius 1 is 1.27 bits per heavy atom. The van der Waals surface area contributed by atoms with Crippen LogP contribution in [0.25, 0.3) is 0 Å². The summed E-state index contributed by atoms with van der Waals surface area (Å²) in [5, 5.41) is 9.45. The SMILES string of the molecule is CCCCCCNC(=NC)NCc1cn(C)nc1C(F)(F)F. The summed E-state index contributed by atoms with van der Waals surface area (Å²) in [4.78, 5) is 4.01. The average Bonchev–Trinajstić information content (AvgIpc) is 2.83. The summed E-state index contributed by atoms with van der Waals surface area (Å²) < 4.78 is 39.7. The minimum atomic E-state index is -4.45. The van der Waals surface area contributed by atoms with Crippen LogP contribution in [-0.4, -0.2) is 29.3 Å². The summed E-state index contributed by atoms with van der Waals surface area (Å²) in [7, 11) is 3.06. The zero-order valence-electron chi connectivity index (χ0n) is 13.3. The number of aromatic nitrogens is 2. The molecule has 0 radical (unpaired) electrons. The molecular formula is C14H24F3N5. The third-order valence-electron chi connectivity index (χ3n) is 3.17. The molecular weight excluding hydrogens is 295 g/mol. The van der Waals surface area contributed by atoms with Gasteiger partial charge in [-0.15, -0.1) is 0 Å². The molecule has 0 fully saturated rings. The van der Waals surface area contributed by atoms with Gasteiger partial charge >= 0.3 is 6.18 Å². The summed E-state index contributed by atoms with van der Waals surface area (Å²) in [6, 6.07) is 0. The lowest BCUT2D eigenvalue weighted by Gasteiger charge is -2.12. The molecule has 22 heavy (non-hydrogen) atoms. The Morgan fingerprint density at radius 2 is 2.00 bits per heavy atom. The third-order valence-corrected chi connectivity index (χ3v) is 3.17. The van der Waals surface area contributed by atoms with Crippen LogP contribution in [-0.2, 0) is 19.8 Å². The van der Waals surface area contributed by atoms with Crippen LogP contribution in [0.1, 0.15) is 43.9 Å². The molecule has 0 spiro atoms. The maximum Gasteiger partial charge on any atom is 0.435 e. The highest BCUT2D eigenvalue weighted by Gasteiger charge is 2.36. The van der Waals surface area contributed by atoms with Gasteiger partial charge in [0.2, 0.25) is 0 Å². The van der Waals surface area contributed by atoms with Gasteiger partial charge in [0.25, 0.3) is 0 Å². The van der Waals surface area contributed by atoms with Crippen molar-refractivity contribution >= 4 is 5.96 Å². The van der Waals surface area contributed by atoms with E-state index in [0.717, 1.165) is 25.8 Å². The van der Waals surface area contributed by atoms with Gasteiger partial charge in [-0.1, -0.05) is 26.2 Å². The van der Waals surface area contributed by atoms with E-state index in [0.29, 0.717) is 5.96 Å². The Morgan fingerprint density at radius 3 is 2.59 bits per heavy atom. The standard InChI is InChI=1S/C14H24F3N5/c1-4-5-6-7-8-19-13(18-2)20-9-11-10-22(3)21-12(11)14(15,16)17/h10H,4-9H2,1-3H3,(H2,18,19,20). The number of hydrogen-bond donors (Lipinski definition) is 2. The quantitative estimate of drug-likeness (QED) is 0.461. The van der Waals surface area contributed by atoms with E-state index >= 15 is 0 Å². The number of nitrogens with one attached hydrogen (secondary N) is 2. The van der Waals surface area contributed by atoms with E-state index in [2.05, 4.69) is 27.6 Å². The van der Waals surface area contributed by atoms with Crippen molar-refractivity contribution in [1.29, 1.82) is 0 Å². The highest BCUT2D eigenvalue weighted by atomic mass is 19.4. The van der Waals surface area contributed by atoms with Crippen molar-refractivity contribution in [3.63, 3.8) is 0 Å². The van der Waals surface area contributed by atoms with E-state index in [-0.39, 0.29) is 12.1 Å². The third kappa shape index (κ3) is 5.95. The maximum absolute atomic E-state index is 12.8. The molecule has 0 aliphatic heterocycles. The maximum atomic E-state index is 12.8. The number of unbranched alkanes of at least 4 members (excludes halogenated alkanes) is 3. The van der Waals surface area contributed by atoms with Crippen LogP contribution < -0.4 is 10.6 Å². The molecule has 0 aromatic carbocycles. The minimum Gasteiger partial charge on any atom is -0.356 e. The lowest BCUT2D eigenvalue weighted by Crippen LogP contribution is -2.37. The molecule has 0 amide bonds. The molecule has 1 aromatic rings. The van der Waals surface area contributed by atoms with Crippen molar-refractivity contribution in [3.05, 3.63) is 17.5 Å². The molecule has 126 valence electrons. The fourth-order valence-corrected chi connectivity index (χ4v) is 2.06. The van der Waals surface area contributed by atoms with Crippen molar-refractivity contribution in [3.8, 4) is 0 Å². The topological polar surface area (TPSA) is 54.2 Å². The molecule has 8 heteroatoms. The van der Waals surface area contributed by atoms with Gasteiger partial charge in [-0.05, 0) is 6.42 Å². The number of aryl methyl sites for hydroxylation is 1. The molecule has 0 bridgehead atoms. The number of aliphatic imine (C=N–C) groups is 1. The Balaban J connectivity index is 2.50. The number of nitrogens with zero attached hydrogens (tertiary/aromatic N) is 3. The first-order valence-corrected chi connectivity index (χ1v) is 7.42. The molecule has 0 saturated carbocycles. The van der Waals surface area contributed by atoms with Gasteiger partial charge in [-0.25, -0.2) is 0 Å². The number of rotatable bonds is 7. The van der Waals surface area contributed by atoms with Crippen molar-refractivity contribution in [2.75, 3.05) is 13.6 Å². The van der Waals surface area contributed by atoms with E-state index in [9.17, 15) is 13.2 Å². The van der Waals surface area contributed by atoms with Crippen LogP contribution in [0.4, 0.5) is 13.2 Å². The van der Waals surface area contributed by atoms with Crippen molar-refractivity contribution in [2.45, 2.75) is 45.3 Å². The number of guanidine groups is 1. The summed E-state index contributed by atoms with van der Waals surface area (Å²) in [5.41, 5.74) is -0.759. The van der Waals surface area contributed by atoms with E-state index < -0.39 is 11.9 Å². The van der Waals surface area contributed by atoms with Crippen LogP contribution in [0.2, 0.25) is 0 Å². The van der Waals surface area contributed by atoms with Crippen LogP contribution in [0.15, 0.2) is 11.2 Å². The fraction of sp³-hybridized carbons (Fsp3) is 0.714. The summed E-state index contributed by atoms with van der Waals surface area (Å²) >= 11 is 0. The van der Waals surface area contributed by atoms with E-state index in [1.807, 2.05) is 0 Å². The molecule has 1 rings (SSSR count). The molecule has 0 saturated heterocycles. The van der Waals surface area contributed by atoms with Crippen molar-refractivity contribution < 1.29 is 13.2 Å². The molecule has 0 unspecified atom stereocenters. The Labute approximate surface area is 129 Å². The summed E-state index contributed by atoms with van der Waals surface area (Å²) in [5.74, 6) is 0.494. The van der Waals surface area contributed by atoms with Crippen molar-refractivity contribution in [1.82, 2.24) is 20.4 Å². The van der Waals surface area contributed by atoms with E-state index in [4.69, 9.17) is 0 Å². The molecule has 1 aromatic heterocycles. The van der Waals surface area contributed by atoms with Crippen LogP contribution in [0.5, 0.6) is 0 Å². The number of hydrogen-bond acceptors (Lipinski definition) is 2. The molecule has 5 nitrogen and oxygen atoms in total. The second-order valence-corrected chi connectivity index (χ2v) is 5.09. The van der Waals surface area contributed by atoms with Gasteiger partial charge in [0, 0.05) is 38.9 Å². The van der Waals surface area contributed by atoms with Crippen LogP contribution in [0.3, 0.4) is 0 Å². The van der Waals surface area contributed by atoms with Crippen molar-refractivity contribution in [2.24, 2.45) is 12.0 Å². The van der Waals surface area contributed by atoms with E-state index in [1.165, 1.54) is 24.3 Å². The molecule has 2 N–H and O–H groups in total. The van der Waals surface area contributed by atoms with E-state index in [1.54, 1.807) is 7.05 Å². The zero-order chi connectivity index (χ0) is 16.6. The van der Waals surface area contributed by atoms with Gasteiger partial charge in [-0.2, -0.15) is 18.3 Å². The summed E-state index contributed by atoms with van der Waals surface area (Å²) in [6.45, 7) is 2.91. The lowest BCUT2D eigenvalue weighted by atomic mass is 10.2. The first-order chi connectivity index (χ1) is 10.4. The second-order valence-electron chi connectivity index (χ2n) is 5.09. The zero-order valence-corrected chi connectivity index (χ0v) is 13.3.